The van der Waals surface area contributed by atoms with E-state index in [4.69, 9.17) is 14.7 Å². The van der Waals surface area contributed by atoms with Crippen molar-refractivity contribution in [3.05, 3.63) is 0 Å². The van der Waals surface area contributed by atoms with Crippen LogP contribution in [0.2, 0.25) is 0 Å². The first-order chi connectivity index (χ1) is 6.04. The van der Waals surface area contributed by atoms with Gasteiger partial charge in [0.1, 0.15) is 0 Å². The standard InChI is InChI=1S/C9H18O4/c1-8(11-3)4-5-9(2,13-10)12-7-6-8/h10H,4-7H2,1-3H3. The summed E-state index contributed by atoms with van der Waals surface area (Å²) in [5.74, 6) is -0.865. The monoisotopic (exact) mass is 190 g/mol. The molecule has 0 saturated carbocycles. The summed E-state index contributed by atoms with van der Waals surface area (Å²) >= 11 is 0. The molecule has 0 bridgehead atoms. The molecule has 2 atom stereocenters. The highest BCUT2D eigenvalue weighted by atomic mass is 17.1. The number of rotatable bonds is 2. The molecule has 0 spiro atoms. The summed E-state index contributed by atoms with van der Waals surface area (Å²) in [4.78, 5) is 4.32. The summed E-state index contributed by atoms with van der Waals surface area (Å²) in [5, 5.41) is 8.65. The van der Waals surface area contributed by atoms with Crippen LogP contribution in [0.1, 0.15) is 33.1 Å². The minimum Gasteiger partial charge on any atom is -0.378 e. The third-order valence-corrected chi connectivity index (χ3v) is 2.83. The van der Waals surface area contributed by atoms with Crippen LogP contribution in [0.4, 0.5) is 0 Å². The van der Waals surface area contributed by atoms with Crippen LogP contribution in [0.15, 0.2) is 0 Å². The third kappa shape index (κ3) is 2.64. The van der Waals surface area contributed by atoms with E-state index in [2.05, 4.69) is 4.89 Å². The molecule has 4 heteroatoms. The van der Waals surface area contributed by atoms with E-state index in [0.29, 0.717) is 13.0 Å². The van der Waals surface area contributed by atoms with Gasteiger partial charge in [0.25, 0.3) is 0 Å². The fourth-order valence-electron chi connectivity index (χ4n) is 1.45. The van der Waals surface area contributed by atoms with Gasteiger partial charge in [-0.1, -0.05) is 0 Å². The van der Waals surface area contributed by atoms with E-state index < -0.39 is 5.79 Å². The molecule has 0 amide bonds. The molecule has 1 fully saturated rings. The van der Waals surface area contributed by atoms with Crippen LogP contribution in [0.3, 0.4) is 0 Å². The Balaban J connectivity index is 2.58. The van der Waals surface area contributed by atoms with E-state index in [9.17, 15) is 0 Å². The number of methoxy groups -OCH3 is 1. The lowest BCUT2D eigenvalue weighted by Gasteiger charge is -2.26. The van der Waals surface area contributed by atoms with Gasteiger partial charge in [0, 0.05) is 13.5 Å². The van der Waals surface area contributed by atoms with Crippen LogP contribution in [-0.4, -0.2) is 30.4 Å². The van der Waals surface area contributed by atoms with Crippen molar-refractivity contribution in [1.29, 1.82) is 0 Å². The van der Waals surface area contributed by atoms with Crippen molar-refractivity contribution in [2.45, 2.75) is 44.5 Å². The molecule has 0 aliphatic carbocycles. The van der Waals surface area contributed by atoms with Crippen LogP contribution in [0, 0.1) is 0 Å². The molecule has 2 unspecified atom stereocenters. The van der Waals surface area contributed by atoms with Gasteiger partial charge in [-0.2, -0.15) is 0 Å². The molecule has 4 nitrogen and oxygen atoms in total. The highest BCUT2D eigenvalue weighted by Gasteiger charge is 2.36. The van der Waals surface area contributed by atoms with Crippen LogP contribution in [0.25, 0.3) is 0 Å². The number of ether oxygens (including phenoxy) is 2. The van der Waals surface area contributed by atoms with E-state index in [0.717, 1.165) is 12.8 Å². The second-order valence-corrected chi connectivity index (χ2v) is 3.98. The predicted octanol–water partition coefficient (Wildman–Crippen LogP) is 1.80. The van der Waals surface area contributed by atoms with Crippen LogP contribution < -0.4 is 0 Å². The van der Waals surface area contributed by atoms with Crippen LogP contribution in [-0.2, 0) is 14.4 Å². The van der Waals surface area contributed by atoms with Crippen molar-refractivity contribution >= 4 is 0 Å². The Bertz CT molecular complexity index is 155. The summed E-state index contributed by atoms with van der Waals surface area (Å²) in [7, 11) is 1.70. The Hall–Kier alpha value is -0.160. The Kier molecular flexibility index (Phi) is 3.29. The molecule has 1 N–H and O–H groups in total. The zero-order valence-electron chi connectivity index (χ0n) is 8.50. The first kappa shape index (κ1) is 10.9. The Morgan fingerprint density at radius 3 is 2.46 bits per heavy atom. The summed E-state index contributed by atoms with van der Waals surface area (Å²) in [6.45, 7) is 4.31. The summed E-state index contributed by atoms with van der Waals surface area (Å²) in [5.41, 5.74) is -0.156. The Morgan fingerprint density at radius 1 is 1.23 bits per heavy atom. The molecule has 1 rings (SSSR count). The maximum absolute atomic E-state index is 8.65. The third-order valence-electron chi connectivity index (χ3n) is 2.83. The lowest BCUT2D eigenvalue weighted by molar-refractivity contribution is -0.397. The smallest absolute Gasteiger partial charge is 0.198 e. The maximum Gasteiger partial charge on any atom is 0.198 e. The largest absolute Gasteiger partial charge is 0.378 e. The second-order valence-electron chi connectivity index (χ2n) is 3.98. The van der Waals surface area contributed by atoms with Crippen molar-refractivity contribution in [3.8, 4) is 0 Å². The van der Waals surface area contributed by atoms with Gasteiger partial charge in [-0.15, -0.1) is 0 Å². The molecule has 0 aromatic carbocycles. The molecule has 0 aromatic rings. The SMILES string of the molecule is COC1(C)CCOC(C)(OO)CC1. The zero-order valence-corrected chi connectivity index (χ0v) is 8.50. The van der Waals surface area contributed by atoms with Gasteiger partial charge in [0.15, 0.2) is 5.79 Å². The fraction of sp³-hybridized carbons (Fsp3) is 1.00. The minimum absolute atomic E-state index is 0.156. The van der Waals surface area contributed by atoms with E-state index in [1.807, 2.05) is 6.92 Å². The Morgan fingerprint density at radius 2 is 1.92 bits per heavy atom. The molecule has 1 saturated heterocycles. The molecule has 0 aromatic heterocycles. The summed E-state index contributed by atoms with van der Waals surface area (Å²) in [6, 6.07) is 0. The minimum atomic E-state index is -0.865. The van der Waals surface area contributed by atoms with Crippen molar-refractivity contribution in [2.24, 2.45) is 0 Å². The van der Waals surface area contributed by atoms with Gasteiger partial charge in [-0.05, 0) is 26.7 Å². The van der Waals surface area contributed by atoms with Crippen LogP contribution in [0.5, 0.6) is 0 Å². The van der Waals surface area contributed by atoms with Gasteiger partial charge in [-0.25, -0.2) is 10.1 Å². The average Bonchev–Trinajstić information content (AvgIpc) is 2.29. The highest BCUT2D eigenvalue weighted by molar-refractivity contribution is 4.81. The van der Waals surface area contributed by atoms with E-state index in [1.54, 1.807) is 14.0 Å². The Labute approximate surface area is 78.7 Å². The molecule has 0 radical (unpaired) electrons. The maximum atomic E-state index is 8.65. The number of hydrogen-bond donors (Lipinski definition) is 1. The van der Waals surface area contributed by atoms with Gasteiger partial charge >= 0.3 is 0 Å². The van der Waals surface area contributed by atoms with Crippen LogP contribution >= 0.6 is 0 Å². The lowest BCUT2D eigenvalue weighted by atomic mass is 9.95. The highest BCUT2D eigenvalue weighted by Crippen LogP contribution is 2.31. The van der Waals surface area contributed by atoms with Crippen molar-refractivity contribution in [3.63, 3.8) is 0 Å². The molecular formula is C9H18O4. The molecule has 1 heterocycles. The van der Waals surface area contributed by atoms with Gasteiger partial charge < -0.3 is 9.47 Å². The molecule has 1 aliphatic heterocycles. The summed E-state index contributed by atoms with van der Waals surface area (Å²) in [6.07, 6.45) is 2.27. The number of hydrogen-bond acceptors (Lipinski definition) is 4. The van der Waals surface area contributed by atoms with Crippen molar-refractivity contribution < 1.29 is 19.6 Å². The second kappa shape index (κ2) is 3.92. The van der Waals surface area contributed by atoms with Crippen molar-refractivity contribution in [1.82, 2.24) is 0 Å². The predicted molar refractivity (Wildman–Crippen MR) is 47.3 cm³/mol. The molecule has 78 valence electrons. The fourth-order valence-corrected chi connectivity index (χ4v) is 1.45. The van der Waals surface area contributed by atoms with Gasteiger partial charge in [0.2, 0.25) is 0 Å². The molecular weight excluding hydrogens is 172 g/mol. The van der Waals surface area contributed by atoms with Gasteiger partial charge in [0.05, 0.1) is 12.2 Å². The quantitative estimate of drug-likeness (QED) is 0.532. The first-order valence-corrected chi connectivity index (χ1v) is 4.55. The molecule has 1 aliphatic rings. The lowest BCUT2D eigenvalue weighted by Crippen LogP contribution is -2.31. The normalized spacial score (nSPS) is 41.5. The van der Waals surface area contributed by atoms with Crippen molar-refractivity contribution in [2.75, 3.05) is 13.7 Å². The first-order valence-electron chi connectivity index (χ1n) is 4.55. The van der Waals surface area contributed by atoms with E-state index >= 15 is 0 Å². The molecule has 13 heavy (non-hydrogen) atoms. The topological polar surface area (TPSA) is 47.9 Å². The zero-order chi connectivity index (χ0) is 9.95. The van der Waals surface area contributed by atoms with Gasteiger partial charge in [-0.3, -0.25) is 0 Å². The van der Waals surface area contributed by atoms with E-state index in [-0.39, 0.29) is 5.60 Å². The average molecular weight is 190 g/mol. The summed E-state index contributed by atoms with van der Waals surface area (Å²) < 4.78 is 10.8. The van der Waals surface area contributed by atoms with E-state index in [1.165, 1.54) is 0 Å².